The van der Waals surface area contributed by atoms with Crippen LogP contribution in [0.4, 0.5) is 0 Å². The molecule has 2 aromatic carbocycles. The predicted molar refractivity (Wildman–Crippen MR) is 145 cm³/mol. The fraction of sp³-hybridized carbons (Fsp3) is 0.250. The largest absolute Gasteiger partial charge is 0.461 e. The number of ether oxygens (including phenoxy) is 2. The first kappa shape index (κ1) is 36.5. The van der Waals surface area contributed by atoms with Gasteiger partial charge in [-0.2, -0.15) is 18.9 Å². The van der Waals surface area contributed by atoms with Gasteiger partial charge >= 0.3 is 22.1 Å². The molecule has 41 heavy (non-hydrogen) atoms. The van der Waals surface area contributed by atoms with Crippen molar-refractivity contribution in [2.24, 2.45) is 10.3 Å². The first-order valence-corrected chi connectivity index (χ1v) is 14.8. The van der Waals surface area contributed by atoms with Crippen LogP contribution in [0.5, 0.6) is 0 Å². The van der Waals surface area contributed by atoms with Gasteiger partial charge in [-0.1, -0.05) is 40.5 Å². The Morgan fingerprint density at radius 1 is 0.805 bits per heavy atom. The third-order valence-electron chi connectivity index (χ3n) is 4.09. The fourth-order valence-corrected chi connectivity index (χ4v) is 3.64. The lowest BCUT2D eigenvalue weighted by molar-refractivity contribution is -0.135. The summed E-state index contributed by atoms with van der Waals surface area (Å²) >= 11 is 0. The molecule has 2 rings (SSSR count). The molecule has 0 radical (unpaired) electrons. The van der Waals surface area contributed by atoms with Crippen LogP contribution in [-0.2, 0) is 42.5 Å². The fourth-order valence-electron chi connectivity index (χ4n) is 2.15. The highest BCUT2D eigenvalue weighted by Gasteiger charge is 2.19. The van der Waals surface area contributed by atoms with Gasteiger partial charge in [-0.05, 0) is 57.1 Å². The third kappa shape index (κ3) is 13.9. The summed E-state index contributed by atoms with van der Waals surface area (Å²) < 4.78 is 58.1. The molecule has 0 aromatic heterocycles. The van der Waals surface area contributed by atoms with E-state index in [-0.39, 0.29) is 23.0 Å². The molecule has 0 heterocycles. The summed E-state index contributed by atoms with van der Waals surface area (Å²) in [5, 5.41) is 30.2. The van der Waals surface area contributed by atoms with Gasteiger partial charge in [0.2, 0.25) is 0 Å². The minimum atomic E-state index is -4.18. The first-order chi connectivity index (χ1) is 19.2. The van der Waals surface area contributed by atoms with E-state index in [2.05, 4.69) is 24.1 Å². The number of benzene rings is 2. The SMILES string of the molecule is CCOC(=O)/C(C#N)=N/O.CCOC(=O)/C(C#N)=N/OS(=O)(=O)c1ccc(C)cc1.Cc1ccc(S(=O)(=O)Cl)cc1. The maximum atomic E-state index is 11.8. The summed E-state index contributed by atoms with van der Waals surface area (Å²) in [7, 11) is -2.64. The van der Waals surface area contributed by atoms with Gasteiger partial charge in [0.15, 0.2) is 0 Å². The first-order valence-electron chi connectivity index (χ1n) is 11.1. The van der Waals surface area contributed by atoms with Gasteiger partial charge in [-0.15, -0.1) is 0 Å². The number of hydrogen-bond acceptors (Lipinski definition) is 14. The van der Waals surface area contributed by atoms with Gasteiger partial charge in [0.1, 0.15) is 17.0 Å². The van der Waals surface area contributed by atoms with Crippen molar-refractivity contribution < 1.29 is 45.4 Å². The summed E-state index contributed by atoms with van der Waals surface area (Å²) in [6.45, 7) is 6.99. The number of aryl methyl sites for hydroxylation is 2. The van der Waals surface area contributed by atoms with Crippen LogP contribution in [0.1, 0.15) is 25.0 Å². The molecule has 0 atom stereocenters. The lowest BCUT2D eigenvalue weighted by Crippen LogP contribution is -2.17. The van der Waals surface area contributed by atoms with E-state index >= 15 is 0 Å². The molecule has 0 saturated heterocycles. The average molecular weight is 629 g/mol. The van der Waals surface area contributed by atoms with Crippen molar-refractivity contribution in [1.82, 2.24) is 0 Å². The number of oxime groups is 2. The number of hydrogen-bond donors (Lipinski definition) is 1. The standard InChI is InChI=1S/C12H12N2O5S.C7H7ClO2S.C5H6N2O3/c1-3-18-12(15)11(8-13)14-19-20(16,17)10-6-4-9(2)5-7-10;1-6-2-4-7(5-3-6)11(8,9)10;1-2-10-5(8)4(3-6)7-9/h4-7H,3H2,1-2H3;2-5H,1H3;9H,2H2,1H3/b14-11+;;7-4+. The summed E-state index contributed by atoms with van der Waals surface area (Å²) in [5.41, 5.74) is 0.468. The van der Waals surface area contributed by atoms with E-state index in [9.17, 15) is 26.4 Å². The third-order valence-corrected chi connectivity index (χ3v) is 6.58. The second kappa shape index (κ2) is 18.0. The van der Waals surface area contributed by atoms with Gasteiger partial charge < -0.3 is 14.7 Å². The number of nitrogens with zero attached hydrogens (tertiary/aromatic N) is 4. The normalized spacial score (nSPS) is 11.2. The Hall–Kier alpha value is -4.51. The number of rotatable bonds is 8. The van der Waals surface area contributed by atoms with E-state index in [0.29, 0.717) is 0 Å². The molecule has 2 aromatic rings. The highest BCUT2D eigenvalue weighted by molar-refractivity contribution is 8.13. The van der Waals surface area contributed by atoms with Crippen LogP contribution in [-0.4, -0.2) is 58.6 Å². The topological polar surface area (TPSA) is 223 Å². The minimum Gasteiger partial charge on any atom is -0.461 e. The Balaban J connectivity index is 0.000000644. The van der Waals surface area contributed by atoms with E-state index in [1.54, 1.807) is 38.1 Å². The Kier molecular flexibility index (Phi) is 16.0. The Bertz CT molecular complexity index is 1540. The van der Waals surface area contributed by atoms with Crippen LogP contribution in [0, 0.1) is 36.5 Å². The lowest BCUT2D eigenvalue weighted by atomic mass is 10.2. The van der Waals surface area contributed by atoms with Crippen LogP contribution < -0.4 is 0 Å². The molecule has 0 aliphatic rings. The monoisotopic (exact) mass is 628 g/mol. The number of esters is 2. The van der Waals surface area contributed by atoms with Crippen LogP contribution in [0.25, 0.3) is 0 Å². The Morgan fingerprint density at radius 3 is 1.54 bits per heavy atom. The van der Waals surface area contributed by atoms with Crippen LogP contribution in [0.3, 0.4) is 0 Å². The van der Waals surface area contributed by atoms with E-state index in [0.717, 1.165) is 11.1 Å². The molecule has 0 aliphatic heterocycles. The number of halogens is 1. The van der Waals surface area contributed by atoms with Gasteiger partial charge in [0.05, 0.1) is 18.1 Å². The van der Waals surface area contributed by atoms with Crippen molar-refractivity contribution in [1.29, 1.82) is 10.5 Å². The molecule has 17 heteroatoms. The van der Waals surface area contributed by atoms with Crippen molar-refractivity contribution in [2.75, 3.05) is 13.2 Å². The number of carbonyl (C=O) groups is 2. The van der Waals surface area contributed by atoms with Gasteiger partial charge in [-0.25, -0.2) is 18.0 Å². The molecule has 0 amide bonds. The van der Waals surface area contributed by atoms with Crippen molar-refractivity contribution in [3.63, 3.8) is 0 Å². The van der Waals surface area contributed by atoms with Crippen molar-refractivity contribution >= 4 is 53.2 Å². The van der Waals surface area contributed by atoms with Crippen LogP contribution in [0.2, 0.25) is 0 Å². The van der Waals surface area contributed by atoms with Crippen molar-refractivity contribution in [3.05, 3.63) is 59.7 Å². The number of nitriles is 2. The molecule has 0 unspecified atom stereocenters. The molecule has 0 spiro atoms. The lowest BCUT2D eigenvalue weighted by Gasteiger charge is -2.02. The zero-order valence-electron chi connectivity index (χ0n) is 22.1. The van der Waals surface area contributed by atoms with Crippen LogP contribution >= 0.6 is 10.7 Å². The highest BCUT2D eigenvalue weighted by atomic mass is 35.7. The minimum absolute atomic E-state index is 0.0320. The smallest absolute Gasteiger partial charge is 0.371 e. The van der Waals surface area contributed by atoms with E-state index in [1.807, 2.05) is 6.92 Å². The van der Waals surface area contributed by atoms with E-state index in [1.165, 1.54) is 43.3 Å². The maximum Gasteiger partial charge on any atom is 0.371 e. The van der Waals surface area contributed by atoms with Gasteiger partial charge in [0, 0.05) is 10.7 Å². The molecule has 220 valence electrons. The predicted octanol–water partition coefficient (Wildman–Crippen LogP) is 2.97. The van der Waals surface area contributed by atoms with Gasteiger partial charge in [-0.3, -0.25) is 4.28 Å². The van der Waals surface area contributed by atoms with Crippen molar-refractivity contribution in [3.8, 4) is 12.1 Å². The second-order valence-electron chi connectivity index (χ2n) is 7.15. The van der Waals surface area contributed by atoms with Crippen LogP contribution in [0.15, 0.2) is 68.6 Å². The Labute approximate surface area is 241 Å². The number of carbonyl (C=O) groups excluding carboxylic acids is 2. The maximum absolute atomic E-state index is 11.8. The quantitative estimate of drug-likeness (QED) is 0.146. The van der Waals surface area contributed by atoms with Gasteiger partial charge in [0.25, 0.3) is 20.5 Å². The molecule has 0 saturated carbocycles. The van der Waals surface area contributed by atoms with Crippen molar-refractivity contribution in [2.45, 2.75) is 37.5 Å². The Morgan fingerprint density at radius 2 is 1.20 bits per heavy atom. The molecule has 0 fully saturated rings. The summed E-state index contributed by atoms with van der Waals surface area (Å²) in [6, 6.07) is 15.0. The summed E-state index contributed by atoms with van der Waals surface area (Å²) in [4.78, 5) is 21.7. The molecule has 14 nitrogen and oxygen atoms in total. The molecule has 1 N–H and O–H groups in total. The average Bonchev–Trinajstić information content (AvgIpc) is 2.91. The zero-order valence-corrected chi connectivity index (χ0v) is 24.5. The zero-order chi connectivity index (χ0) is 31.6. The molecule has 0 aliphatic carbocycles. The molecule has 0 bridgehead atoms. The second-order valence-corrected chi connectivity index (χ2v) is 11.2. The van der Waals surface area contributed by atoms with E-state index in [4.69, 9.17) is 26.4 Å². The molecular formula is C24H25ClN4O10S2. The molecular weight excluding hydrogens is 604 g/mol. The highest BCUT2D eigenvalue weighted by Crippen LogP contribution is 2.15. The summed E-state index contributed by atoms with van der Waals surface area (Å²) in [6.07, 6.45) is 0. The summed E-state index contributed by atoms with van der Waals surface area (Å²) in [5.74, 6) is -1.96. The van der Waals surface area contributed by atoms with E-state index < -0.39 is 42.5 Å².